The summed E-state index contributed by atoms with van der Waals surface area (Å²) in [4.78, 5) is 24.9. The van der Waals surface area contributed by atoms with Gasteiger partial charge in [0.2, 0.25) is 0 Å². The summed E-state index contributed by atoms with van der Waals surface area (Å²) < 4.78 is 0. The van der Waals surface area contributed by atoms with Crippen LogP contribution in [0, 0.1) is 56.7 Å². The van der Waals surface area contributed by atoms with Gasteiger partial charge in [-0.15, -0.1) is 0 Å². The molecule has 6 aliphatic rings. The maximum absolute atomic E-state index is 13.0. The third-order valence-corrected chi connectivity index (χ3v) is 16.0. The Morgan fingerprint density at radius 3 is 2.05 bits per heavy atom. The van der Waals surface area contributed by atoms with E-state index in [0.29, 0.717) is 23.7 Å². The molecule has 9 atom stereocenters. The molecule has 44 heavy (non-hydrogen) atoms. The Kier molecular flexibility index (Phi) is 6.44. The summed E-state index contributed by atoms with van der Waals surface area (Å²) in [7, 11) is 0. The molecule has 0 heterocycles. The first-order valence-corrected chi connectivity index (χ1v) is 17.5. The van der Waals surface area contributed by atoms with Gasteiger partial charge in [-0.3, -0.25) is 9.59 Å². The first-order chi connectivity index (χ1) is 20.6. The molecule has 1 aromatic carbocycles. The largest absolute Gasteiger partial charge is 0.481 e. The lowest BCUT2D eigenvalue weighted by Gasteiger charge is -2.72. The lowest BCUT2D eigenvalue weighted by Crippen LogP contribution is -2.65. The molecule has 5 saturated carbocycles. The maximum Gasteiger partial charge on any atom is 0.314 e. The van der Waals surface area contributed by atoms with Crippen LogP contribution in [0.15, 0.2) is 42.5 Å². The Bertz CT molecular complexity index is 1450. The van der Waals surface area contributed by atoms with Crippen LogP contribution in [0.2, 0.25) is 0 Å². The number of carbonyl (C=O) groups is 2. The van der Waals surface area contributed by atoms with Gasteiger partial charge < -0.3 is 10.2 Å². The summed E-state index contributed by atoms with van der Waals surface area (Å²) in [6.45, 7) is 19.3. The van der Waals surface area contributed by atoms with E-state index in [1.54, 1.807) is 0 Å². The molecule has 1 unspecified atom stereocenters. The zero-order chi connectivity index (χ0) is 31.7. The van der Waals surface area contributed by atoms with E-state index < -0.39 is 22.8 Å². The molecule has 0 aromatic heterocycles. The number of allylic oxidation sites excluding steroid dienone is 3. The Hall–Kier alpha value is -2.36. The van der Waals surface area contributed by atoms with Crippen molar-refractivity contribution in [1.82, 2.24) is 0 Å². The first kappa shape index (κ1) is 30.3. The number of carboxylic acid groups (broad SMARTS) is 2. The smallest absolute Gasteiger partial charge is 0.314 e. The molecule has 238 valence electrons. The van der Waals surface area contributed by atoms with Crippen molar-refractivity contribution >= 4 is 17.5 Å². The molecular formula is C40H54O4. The highest BCUT2D eigenvalue weighted by Gasteiger charge is 2.71. The van der Waals surface area contributed by atoms with Gasteiger partial charge in [0.1, 0.15) is 0 Å². The minimum Gasteiger partial charge on any atom is -0.481 e. The molecule has 6 aliphatic carbocycles. The first-order valence-electron chi connectivity index (χ1n) is 17.5. The highest BCUT2D eigenvalue weighted by atomic mass is 16.4. The van der Waals surface area contributed by atoms with Gasteiger partial charge >= 0.3 is 11.9 Å². The fraction of sp³-hybridized carbons (Fsp3) is 0.700. The second-order valence-electron chi connectivity index (χ2n) is 17.7. The van der Waals surface area contributed by atoms with Gasteiger partial charge in [0, 0.05) is 0 Å². The zero-order valence-electron chi connectivity index (χ0n) is 28.0. The average Bonchev–Trinajstić information content (AvgIpc) is 3.67. The summed E-state index contributed by atoms with van der Waals surface area (Å²) in [5.41, 5.74) is 4.11. The third kappa shape index (κ3) is 3.63. The van der Waals surface area contributed by atoms with Crippen molar-refractivity contribution in [3.8, 4) is 0 Å². The maximum atomic E-state index is 13.0. The normalized spacial score (nSPS) is 44.7. The van der Waals surface area contributed by atoms with Crippen LogP contribution in [0.3, 0.4) is 0 Å². The van der Waals surface area contributed by atoms with Crippen LogP contribution < -0.4 is 0 Å². The topological polar surface area (TPSA) is 74.6 Å². The van der Waals surface area contributed by atoms with Crippen molar-refractivity contribution in [2.75, 3.05) is 0 Å². The second-order valence-corrected chi connectivity index (χ2v) is 17.7. The Morgan fingerprint density at radius 2 is 1.45 bits per heavy atom. The minimum absolute atomic E-state index is 0.0131. The summed E-state index contributed by atoms with van der Waals surface area (Å²) in [5, 5.41) is 20.5. The van der Waals surface area contributed by atoms with Crippen molar-refractivity contribution in [1.29, 1.82) is 0 Å². The van der Waals surface area contributed by atoms with Crippen molar-refractivity contribution in [3.05, 3.63) is 53.6 Å². The highest BCUT2D eigenvalue weighted by Crippen LogP contribution is 2.77. The predicted molar refractivity (Wildman–Crippen MR) is 175 cm³/mol. The lowest BCUT2D eigenvalue weighted by atomic mass is 9.32. The number of benzene rings is 1. The van der Waals surface area contributed by atoms with Crippen molar-refractivity contribution in [2.24, 2.45) is 56.7 Å². The molecule has 0 amide bonds. The molecule has 0 aliphatic heterocycles. The van der Waals surface area contributed by atoms with E-state index in [1.165, 1.54) is 36.0 Å². The molecule has 7 rings (SSSR count). The quantitative estimate of drug-likeness (QED) is 0.331. The highest BCUT2D eigenvalue weighted by molar-refractivity contribution is 5.85. The lowest BCUT2D eigenvalue weighted by molar-refractivity contribution is -0.227. The summed E-state index contributed by atoms with van der Waals surface area (Å²) in [6.07, 6.45) is 13.5. The van der Waals surface area contributed by atoms with Crippen LogP contribution in [-0.4, -0.2) is 22.2 Å². The monoisotopic (exact) mass is 598 g/mol. The summed E-state index contributed by atoms with van der Waals surface area (Å²) in [5.74, 6) is 0.929. The Morgan fingerprint density at radius 1 is 0.773 bits per heavy atom. The van der Waals surface area contributed by atoms with E-state index in [0.717, 1.165) is 56.9 Å². The molecule has 0 radical (unpaired) electrons. The molecular weight excluding hydrogens is 544 g/mol. The van der Waals surface area contributed by atoms with E-state index in [4.69, 9.17) is 0 Å². The third-order valence-electron chi connectivity index (χ3n) is 16.0. The molecule has 0 saturated heterocycles. The number of hydrogen-bond donors (Lipinski definition) is 2. The van der Waals surface area contributed by atoms with Crippen LogP contribution in [0.5, 0.6) is 0 Å². The minimum atomic E-state index is -0.693. The van der Waals surface area contributed by atoms with E-state index in [1.807, 2.05) is 0 Å². The fourth-order valence-corrected chi connectivity index (χ4v) is 13.3. The van der Waals surface area contributed by atoms with Gasteiger partial charge in [0.15, 0.2) is 0 Å². The standard InChI is InChI=1S/C40H54O4/c1-24(2)27-14-19-40(34(43)44)21-20-37(6)29(32(27)40)12-13-31-36(5)17-15-28(35(3,4)30(36)16-18-38(31,37)7)25-8-10-26(11-9-25)39(22-23-39)33(41)42/h8-11,15,27,29-32H,1,12-14,16-23H2,2-7H3,(H,41,42)(H,43,44)/t27-,29+,30?,31+,32+,36-,37+,38+,40-/m0/s1. The second kappa shape index (κ2) is 9.35. The molecule has 2 N–H and O–H groups in total. The van der Waals surface area contributed by atoms with Crippen molar-refractivity contribution in [3.63, 3.8) is 0 Å². The SMILES string of the molecule is C=C(C)[C@@H]1CC[C@]2(C(=O)O)CC[C@]3(C)[C@H](CC[C@@H]4[C@@]5(C)CC=C(c6ccc(C7(C(=O)O)CC7)cc6)C(C)(C)C5CC[C@]43C)[C@@H]12. The van der Waals surface area contributed by atoms with E-state index in [-0.39, 0.29) is 27.6 Å². The van der Waals surface area contributed by atoms with Gasteiger partial charge in [-0.1, -0.05) is 77.1 Å². The van der Waals surface area contributed by atoms with E-state index in [2.05, 4.69) is 78.5 Å². The molecule has 0 spiro atoms. The average molecular weight is 599 g/mol. The number of aliphatic carboxylic acids is 2. The molecule has 1 aromatic rings. The van der Waals surface area contributed by atoms with Crippen LogP contribution >= 0.6 is 0 Å². The van der Waals surface area contributed by atoms with Gasteiger partial charge in [0.25, 0.3) is 0 Å². The van der Waals surface area contributed by atoms with Gasteiger partial charge in [0.05, 0.1) is 10.8 Å². The number of rotatable bonds is 5. The van der Waals surface area contributed by atoms with Gasteiger partial charge in [-0.05, 0) is 146 Å². The summed E-state index contributed by atoms with van der Waals surface area (Å²) in [6, 6.07) is 8.51. The van der Waals surface area contributed by atoms with Crippen molar-refractivity contribution < 1.29 is 19.8 Å². The van der Waals surface area contributed by atoms with Gasteiger partial charge in [-0.25, -0.2) is 0 Å². The van der Waals surface area contributed by atoms with Crippen molar-refractivity contribution in [2.45, 2.75) is 118 Å². The molecule has 0 bridgehead atoms. The van der Waals surface area contributed by atoms with Crippen LogP contribution in [0.25, 0.3) is 5.57 Å². The van der Waals surface area contributed by atoms with E-state index in [9.17, 15) is 19.8 Å². The molecule has 4 nitrogen and oxygen atoms in total. The summed E-state index contributed by atoms with van der Waals surface area (Å²) >= 11 is 0. The zero-order valence-corrected chi connectivity index (χ0v) is 28.0. The number of hydrogen-bond acceptors (Lipinski definition) is 2. The number of fused-ring (bicyclic) bond motifs is 7. The van der Waals surface area contributed by atoms with Gasteiger partial charge in [-0.2, -0.15) is 0 Å². The Balaban J connectivity index is 1.22. The Labute approximate surface area is 264 Å². The number of carboxylic acids is 2. The van der Waals surface area contributed by atoms with Crippen LogP contribution in [0.4, 0.5) is 0 Å². The molecule has 5 fully saturated rings. The predicted octanol–water partition coefficient (Wildman–Crippen LogP) is 9.54. The van der Waals surface area contributed by atoms with E-state index >= 15 is 0 Å². The van der Waals surface area contributed by atoms with Crippen LogP contribution in [0.1, 0.15) is 123 Å². The fourth-order valence-electron chi connectivity index (χ4n) is 13.3. The van der Waals surface area contributed by atoms with Crippen LogP contribution in [-0.2, 0) is 15.0 Å². The molecule has 4 heteroatoms.